The lowest BCUT2D eigenvalue weighted by Crippen LogP contribution is -2.35. The van der Waals surface area contributed by atoms with Gasteiger partial charge in [-0.3, -0.25) is 4.79 Å². The number of carbonyl (C=O) groups is 2. The van der Waals surface area contributed by atoms with Crippen molar-refractivity contribution >= 4 is 27.7 Å². The maximum Gasteiger partial charge on any atom is 0.490 e. The van der Waals surface area contributed by atoms with Gasteiger partial charge in [-0.2, -0.15) is 13.2 Å². The number of aromatic nitrogens is 1. The molecule has 0 atom stereocenters. The van der Waals surface area contributed by atoms with Crippen molar-refractivity contribution in [1.29, 1.82) is 0 Å². The molecule has 1 aromatic heterocycles. The molecule has 1 fully saturated rings. The van der Waals surface area contributed by atoms with E-state index in [1.54, 1.807) is 11.4 Å². The minimum Gasteiger partial charge on any atom is -0.475 e. The van der Waals surface area contributed by atoms with Gasteiger partial charge in [-0.15, -0.1) is 0 Å². The van der Waals surface area contributed by atoms with Crippen molar-refractivity contribution in [3.8, 4) is 0 Å². The molecule has 1 aromatic rings. The first-order chi connectivity index (χ1) is 14.3. The van der Waals surface area contributed by atoms with Crippen LogP contribution < -0.4 is 10.2 Å². The van der Waals surface area contributed by atoms with Crippen LogP contribution in [0.1, 0.15) is 34.5 Å². The monoisotopic (exact) mass is 466 g/mol. The average molecular weight is 466 g/mol. The fourth-order valence-corrected chi connectivity index (χ4v) is 4.92. The Bertz CT molecular complexity index is 946. The zero-order valence-electron chi connectivity index (χ0n) is 17.4. The summed E-state index contributed by atoms with van der Waals surface area (Å²) in [6.07, 6.45) is -2.37. The summed E-state index contributed by atoms with van der Waals surface area (Å²) in [5.74, 6) is -2.32. The van der Waals surface area contributed by atoms with E-state index in [2.05, 4.69) is 10.3 Å². The van der Waals surface area contributed by atoms with Crippen LogP contribution in [0.15, 0.2) is 6.07 Å². The van der Waals surface area contributed by atoms with Crippen molar-refractivity contribution in [2.45, 2.75) is 37.1 Å². The molecule has 1 aliphatic heterocycles. The number of carbonyl (C=O) groups excluding carboxylic acids is 1. The van der Waals surface area contributed by atoms with Crippen molar-refractivity contribution in [3.63, 3.8) is 0 Å². The van der Waals surface area contributed by atoms with Gasteiger partial charge in [0.25, 0.3) is 5.91 Å². The van der Waals surface area contributed by atoms with Crippen molar-refractivity contribution in [2.75, 3.05) is 39.1 Å². The molecule has 1 aliphatic carbocycles. The molecule has 0 radical (unpaired) electrons. The highest BCUT2D eigenvalue weighted by molar-refractivity contribution is 7.90. The Balaban J connectivity index is 0.000000423. The van der Waals surface area contributed by atoms with Crippen LogP contribution in [0.2, 0.25) is 0 Å². The molecule has 2 N–H and O–H groups in total. The van der Waals surface area contributed by atoms with Crippen LogP contribution in [0.25, 0.3) is 0 Å². The number of amides is 1. The number of nitrogens with zero attached hydrogens (tertiary/aromatic N) is 3. The molecule has 0 saturated heterocycles. The predicted molar refractivity (Wildman–Crippen MR) is 107 cm³/mol. The molecule has 0 spiro atoms. The largest absolute Gasteiger partial charge is 0.490 e. The van der Waals surface area contributed by atoms with Crippen LogP contribution in [0.3, 0.4) is 0 Å². The van der Waals surface area contributed by atoms with Gasteiger partial charge in [0, 0.05) is 46.3 Å². The molecule has 2 heterocycles. The number of carboxylic acid groups (broad SMARTS) is 1. The van der Waals surface area contributed by atoms with E-state index in [4.69, 9.17) is 9.90 Å². The van der Waals surface area contributed by atoms with Gasteiger partial charge in [0.1, 0.15) is 5.82 Å². The van der Waals surface area contributed by atoms with E-state index in [0.717, 1.165) is 24.1 Å². The number of pyridine rings is 1. The topological polar surface area (TPSA) is 120 Å². The van der Waals surface area contributed by atoms with Gasteiger partial charge in [-0.05, 0) is 30.9 Å². The minimum absolute atomic E-state index is 0.180. The summed E-state index contributed by atoms with van der Waals surface area (Å²) in [4.78, 5) is 27.5. The maximum absolute atomic E-state index is 12.5. The van der Waals surface area contributed by atoms with Crippen LogP contribution in [0, 0.1) is 0 Å². The van der Waals surface area contributed by atoms with E-state index in [1.165, 1.54) is 0 Å². The molecular weight excluding hydrogens is 441 g/mol. The molecule has 3 rings (SSSR count). The summed E-state index contributed by atoms with van der Waals surface area (Å²) in [5, 5.41) is 9.58. The van der Waals surface area contributed by atoms with Crippen molar-refractivity contribution in [1.82, 2.24) is 14.6 Å². The van der Waals surface area contributed by atoms with Crippen LogP contribution in [0.4, 0.5) is 19.0 Å². The van der Waals surface area contributed by atoms with E-state index in [1.807, 2.05) is 25.1 Å². The lowest BCUT2D eigenvalue weighted by molar-refractivity contribution is -0.192. The standard InChI is InChI=1S/C16H24N4O3S.C2HF3O2/c1-17-16(21)13-10-11-6-8-20(24(22,23)12-4-5-12)9-7-14(11)18-15(13)19(2)3;3-2(4,5)1(6)7/h10,12H,4-9H2,1-3H3,(H,17,21);(H,6,7). The van der Waals surface area contributed by atoms with Crippen molar-refractivity contribution < 1.29 is 36.3 Å². The number of anilines is 1. The summed E-state index contributed by atoms with van der Waals surface area (Å²) in [6, 6.07) is 1.86. The van der Waals surface area contributed by atoms with Gasteiger partial charge < -0.3 is 15.3 Å². The Morgan fingerprint density at radius 1 is 1.23 bits per heavy atom. The molecule has 1 saturated carbocycles. The number of aliphatic carboxylic acids is 1. The van der Waals surface area contributed by atoms with Crippen LogP contribution >= 0.6 is 0 Å². The zero-order valence-corrected chi connectivity index (χ0v) is 18.2. The number of alkyl halides is 3. The number of halogens is 3. The van der Waals surface area contributed by atoms with Crippen molar-refractivity contribution in [2.24, 2.45) is 0 Å². The first kappa shape index (κ1) is 24.9. The fourth-order valence-electron chi connectivity index (χ4n) is 3.08. The van der Waals surface area contributed by atoms with Crippen molar-refractivity contribution in [3.05, 3.63) is 22.9 Å². The molecule has 31 heavy (non-hydrogen) atoms. The molecular formula is C18H25F3N4O5S. The van der Waals surface area contributed by atoms with E-state index in [-0.39, 0.29) is 11.2 Å². The van der Waals surface area contributed by atoms with Gasteiger partial charge in [0.15, 0.2) is 0 Å². The Hall–Kier alpha value is -2.41. The molecule has 13 heteroatoms. The van der Waals surface area contributed by atoms with Gasteiger partial charge in [0.05, 0.1) is 10.8 Å². The molecule has 1 amide bonds. The lowest BCUT2D eigenvalue weighted by Gasteiger charge is -2.19. The quantitative estimate of drug-likeness (QED) is 0.680. The number of fused-ring (bicyclic) bond motifs is 1. The number of rotatable bonds is 4. The van der Waals surface area contributed by atoms with E-state index in [9.17, 15) is 26.4 Å². The Labute approximate surface area is 178 Å². The summed E-state index contributed by atoms with van der Waals surface area (Å²) in [5.41, 5.74) is 2.38. The molecule has 9 nitrogen and oxygen atoms in total. The normalized spacial score (nSPS) is 17.0. The highest BCUT2D eigenvalue weighted by Gasteiger charge is 2.40. The molecule has 2 aliphatic rings. The molecule has 0 bridgehead atoms. The number of carboxylic acids is 1. The lowest BCUT2D eigenvalue weighted by atomic mass is 10.0. The average Bonchev–Trinajstić information content (AvgIpc) is 3.52. The second-order valence-corrected chi connectivity index (χ2v) is 9.60. The van der Waals surface area contributed by atoms with Gasteiger partial charge in [-0.25, -0.2) is 22.5 Å². The summed E-state index contributed by atoms with van der Waals surface area (Å²) in [6.45, 7) is 0.924. The van der Waals surface area contributed by atoms with Crippen LogP contribution in [-0.2, 0) is 27.7 Å². The van der Waals surface area contributed by atoms with Crippen LogP contribution in [0.5, 0.6) is 0 Å². The SMILES string of the molecule is CNC(=O)c1cc2c(nc1N(C)C)CCN(S(=O)(=O)C1CC1)CC2.O=C(O)C(F)(F)F. The highest BCUT2D eigenvalue weighted by atomic mass is 32.2. The molecule has 0 aromatic carbocycles. The third-order valence-electron chi connectivity index (χ3n) is 4.84. The summed E-state index contributed by atoms with van der Waals surface area (Å²) in [7, 11) is 2.12. The second-order valence-electron chi connectivity index (χ2n) is 7.39. The van der Waals surface area contributed by atoms with E-state index >= 15 is 0 Å². The minimum atomic E-state index is -5.08. The Morgan fingerprint density at radius 2 is 1.77 bits per heavy atom. The maximum atomic E-state index is 12.5. The van der Waals surface area contributed by atoms with Gasteiger partial charge in [0.2, 0.25) is 10.0 Å². The van der Waals surface area contributed by atoms with Gasteiger partial charge >= 0.3 is 12.1 Å². The highest BCUT2D eigenvalue weighted by Crippen LogP contribution is 2.32. The number of hydrogen-bond acceptors (Lipinski definition) is 6. The van der Waals surface area contributed by atoms with Crippen LogP contribution in [-0.4, -0.2) is 80.3 Å². The Morgan fingerprint density at radius 3 is 2.23 bits per heavy atom. The smallest absolute Gasteiger partial charge is 0.475 e. The molecule has 174 valence electrons. The van der Waals surface area contributed by atoms with Gasteiger partial charge in [-0.1, -0.05) is 0 Å². The third kappa shape index (κ3) is 6.06. The summed E-state index contributed by atoms with van der Waals surface area (Å²) >= 11 is 0. The second kappa shape index (κ2) is 9.39. The fraction of sp³-hybridized carbons (Fsp3) is 0.611. The van der Waals surface area contributed by atoms with E-state index < -0.39 is 22.2 Å². The molecule has 0 unspecified atom stereocenters. The first-order valence-electron chi connectivity index (χ1n) is 9.50. The summed E-state index contributed by atoms with van der Waals surface area (Å²) < 4.78 is 58.3. The van der Waals surface area contributed by atoms with E-state index in [0.29, 0.717) is 37.3 Å². The number of hydrogen-bond donors (Lipinski definition) is 2. The number of sulfonamides is 1. The zero-order chi connectivity index (χ0) is 23.6. The predicted octanol–water partition coefficient (Wildman–Crippen LogP) is 1.03. The Kier molecular flexibility index (Phi) is 7.53. The number of nitrogens with one attached hydrogen (secondary N) is 1. The first-order valence-corrected chi connectivity index (χ1v) is 11.0. The third-order valence-corrected chi connectivity index (χ3v) is 7.24.